The van der Waals surface area contributed by atoms with Crippen molar-refractivity contribution in [2.45, 2.75) is 32.2 Å². The Balaban J connectivity index is 1.98. The summed E-state index contributed by atoms with van der Waals surface area (Å²) in [5.74, 6) is 0.454. The number of hydrogen-bond donors (Lipinski definition) is 0. The van der Waals surface area contributed by atoms with Crippen molar-refractivity contribution in [2.24, 2.45) is 0 Å². The van der Waals surface area contributed by atoms with Crippen LogP contribution in [-0.4, -0.2) is 25.3 Å². The maximum Gasteiger partial charge on any atom is 0.333 e. The molecule has 4 nitrogen and oxygen atoms in total. The van der Waals surface area contributed by atoms with Crippen molar-refractivity contribution >= 4 is 5.97 Å². The van der Waals surface area contributed by atoms with Gasteiger partial charge in [-0.15, -0.1) is 0 Å². The van der Waals surface area contributed by atoms with Gasteiger partial charge in [0.05, 0.1) is 13.7 Å². The summed E-state index contributed by atoms with van der Waals surface area (Å²) in [6, 6.07) is 7.64. The molecule has 0 radical (unpaired) electrons. The molecular weight excluding hydrogens is 268 g/mol. The molecule has 0 N–H and O–H groups in total. The lowest BCUT2D eigenvalue weighted by Crippen LogP contribution is -2.29. The maximum atomic E-state index is 11.4. The molecule has 1 fully saturated rings. The number of esters is 1. The van der Waals surface area contributed by atoms with Crippen LogP contribution in [0, 0.1) is 0 Å². The van der Waals surface area contributed by atoms with Crippen molar-refractivity contribution in [2.75, 3.05) is 7.11 Å². The second-order valence-electron chi connectivity index (χ2n) is 5.18. The Labute approximate surface area is 125 Å². The van der Waals surface area contributed by atoms with E-state index in [9.17, 15) is 4.79 Å². The molecule has 0 spiro atoms. The number of carbonyl (C=O) groups excluding carboxylic acids is 1. The van der Waals surface area contributed by atoms with Gasteiger partial charge in [0.15, 0.2) is 0 Å². The van der Waals surface area contributed by atoms with E-state index >= 15 is 0 Å². The zero-order valence-corrected chi connectivity index (χ0v) is 12.4. The van der Waals surface area contributed by atoms with Crippen molar-refractivity contribution < 1.29 is 19.0 Å². The van der Waals surface area contributed by atoms with Crippen molar-refractivity contribution in [3.05, 3.63) is 54.1 Å². The topological polar surface area (TPSA) is 44.8 Å². The third-order valence-corrected chi connectivity index (χ3v) is 3.41. The zero-order chi connectivity index (χ0) is 15.4. The molecule has 1 aromatic rings. The smallest absolute Gasteiger partial charge is 0.333 e. The lowest BCUT2D eigenvalue weighted by Gasteiger charge is -2.23. The SMILES string of the molecule is C=C1C[C@@H]([C@@H](OCc2ccc(OC)cc2)C(=C)C)OC1=O. The van der Waals surface area contributed by atoms with Gasteiger partial charge in [-0.3, -0.25) is 0 Å². The van der Waals surface area contributed by atoms with E-state index in [1.165, 1.54) is 0 Å². The van der Waals surface area contributed by atoms with Crippen LogP contribution in [0.25, 0.3) is 0 Å². The van der Waals surface area contributed by atoms with Gasteiger partial charge in [0.1, 0.15) is 18.0 Å². The number of carbonyl (C=O) groups is 1. The lowest BCUT2D eigenvalue weighted by atomic mass is 10.0. The minimum absolute atomic E-state index is 0.324. The van der Waals surface area contributed by atoms with Crippen LogP contribution in [0.5, 0.6) is 5.75 Å². The Bertz CT molecular complexity index is 528. The number of ether oxygens (including phenoxy) is 3. The highest BCUT2D eigenvalue weighted by Crippen LogP contribution is 2.26. The molecule has 0 saturated carbocycles. The molecule has 2 rings (SSSR count). The summed E-state index contributed by atoms with van der Waals surface area (Å²) in [6.45, 7) is 9.90. The van der Waals surface area contributed by atoms with Crippen LogP contribution in [0.15, 0.2) is 48.6 Å². The van der Waals surface area contributed by atoms with Crippen LogP contribution in [0.2, 0.25) is 0 Å². The van der Waals surface area contributed by atoms with Gasteiger partial charge in [0, 0.05) is 12.0 Å². The summed E-state index contributed by atoms with van der Waals surface area (Å²) in [5, 5.41) is 0. The van der Waals surface area contributed by atoms with Gasteiger partial charge < -0.3 is 14.2 Å². The van der Waals surface area contributed by atoms with Crippen molar-refractivity contribution in [3.8, 4) is 5.75 Å². The summed E-state index contributed by atoms with van der Waals surface area (Å²) in [5.41, 5.74) is 2.33. The first-order valence-corrected chi connectivity index (χ1v) is 6.80. The normalized spacial score (nSPS) is 19.2. The van der Waals surface area contributed by atoms with Gasteiger partial charge >= 0.3 is 5.97 Å². The van der Waals surface area contributed by atoms with Gasteiger partial charge in [0.2, 0.25) is 0 Å². The standard InChI is InChI=1S/C17H20O4/c1-11(2)16(15-9-12(3)17(18)21-15)20-10-13-5-7-14(19-4)8-6-13/h5-8,15-16H,1,3,9-10H2,2,4H3/t15-,16-/m0/s1. The molecule has 4 heteroatoms. The van der Waals surface area contributed by atoms with E-state index in [0.29, 0.717) is 18.6 Å². The maximum absolute atomic E-state index is 11.4. The van der Waals surface area contributed by atoms with Crippen molar-refractivity contribution in [3.63, 3.8) is 0 Å². The van der Waals surface area contributed by atoms with E-state index in [1.54, 1.807) is 7.11 Å². The average Bonchev–Trinajstić information content (AvgIpc) is 2.79. The molecule has 0 bridgehead atoms. The molecule has 21 heavy (non-hydrogen) atoms. The molecule has 0 aromatic heterocycles. The molecule has 1 aromatic carbocycles. The monoisotopic (exact) mass is 288 g/mol. The highest BCUT2D eigenvalue weighted by molar-refractivity contribution is 5.90. The van der Waals surface area contributed by atoms with Crippen molar-refractivity contribution in [1.82, 2.24) is 0 Å². The van der Waals surface area contributed by atoms with Crippen LogP contribution in [0.3, 0.4) is 0 Å². The van der Waals surface area contributed by atoms with Gasteiger partial charge in [-0.25, -0.2) is 4.79 Å². The van der Waals surface area contributed by atoms with E-state index in [4.69, 9.17) is 14.2 Å². The Morgan fingerprint density at radius 2 is 2.10 bits per heavy atom. The molecule has 1 saturated heterocycles. The average molecular weight is 288 g/mol. The van der Waals surface area contributed by atoms with Gasteiger partial charge in [-0.05, 0) is 30.2 Å². The number of cyclic esters (lactones) is 1. The summed E-state index contributed by atoms with van der Waals surface area (Å²) < 4.78 is 16.3. The summed E-state index contributed by atoms with van der Waals surface area (Å²) >= 11 is 0. The fourth-order valence-electron chi connectivity index (χ4n) is 2.23. The fraction of sp³-hybridized carbons (Fsp3) is 0.353. The minimum Gasteiger partial charge on any atom is -0.497 e. The number of hydrogen-bond acceptors (Lipinski definition) is 4. The lowest BCUT2D eigenvalue weighted by molar-refractivity contribution is -0.144. The molecule has 0 amide bonds. The summed E-state index contributed by atoms with van der Waals surface area (Å²) in [7, 11) is 1.63. The summed E-state index contributed by atoms with van der Waals surface area (Å²) in [4.78, 5) is 11.4. The molecule has 0 aliphatic carbocycles. The van der Waals surface area contributed by atoms with Crippen LogP contribution in [0.4, 0.5) is 0 Å². The molecule has 1 aliphatic heterocycles. The zero-order valence-electron chi connectivity index (χ0n) is 12.4. The molecule has 112 valence electrons. The third kappa shape index (κ3) is 3.73. The molecular formula is C17H20O4. The largest absolute Gasteiger partial charge is 0.497 e. The van der Waals surface area contributed by atoms with E-state index in [0.717, 1.165) is 16.9 Å². The molecule has 1 aliphatic rings. The Kier molecular flexibility index (Phi) is 4.81. The predicted molar refractivity (Wildman–Crippen MR) is 80.0 cm³/mol. The Hall–Kier alpha value is -2.07. The Morgan fingerprint density at radius 3 is 2.57 bits per heavy atom. The summed E-state index contributed by atoms with van der Waals surface area (Å²) in [6.07, 6.45) is -0.171. The van der Waals surface area contributed by atoms with Crippen LogP contribution in [-0.2, 0) is 20.9 Å². The minimum atomic E-state index is -0.348. The number of methoxy groups -OCH3 is 1. The van der Waals surface area contributed by atoms with E-state index in [2.05, 4.69) is 13.2 Å². The first-order valence-electron chi connectivity index (χ1n) is 6.80. The van der Waals surface area contributed by atoms with Gasteiger partial charge in [-0.2, -0.15) is 0 Å². The second kappa shape index (κ2) is 6.59. The van der Waals surface area contributed by atoms with Crippen LogP contribution >= 0.6 is 0 Å². The van der Waals surface area contributed by atoms with Crippen molar-refractivity contribution in [1.29, 1.82) is 0 Å². The molecule has 1 heterocycles. The predicted octanol–water partition coefficient (Wildman–Crippen LogP) is 3.03. The van der Waals surface area contributed by atoms with E-state index in [1.807, 2.05) is 31.2 Å². The quantitative estimate of drug-likeness (QED) is 0.458. The highest BCUT2D eigenvalue weighted by Gasteiger charge is 2.34. The highest BCUT2D eigenvalue weighted by atomic mass is 16.6. The van der Waals surface area contributed by atoms with E-state index < -0.39 is 0 Å². The second-order valence-corrected chi connectivity index (χ2v) is 5.18. The first kappa shape index (κ1) is 15.3. The van der Waals surface area contributed by atoms with Crippen LogP contribution < -0.4 is 4.74 Å². The van der Waals surface area contributed by atoms with Crippen LogP contribution in [0.1, 0.15) is 18.9 Å². The fourth-order valence-corrected chi connectivity index (χ4v) is 2.23. The van der Waals surface area contributed by atoms with Gasteiger partial charge in [-0.1, -0.05) is 25.3 Å². The molecule has 2 atom stereocenters. The Morgan fingerprint density at radius 1 is 1.43 bits per heavy atom. The first-order chi connectivity index (χ1) is 10.0. The van der Waals surface area contributed by atoms with Gasteiger partial charge in [0.25, 0.3) is 0 Å². The molecule has 0 unspecified atom stereocenters. The van der Waals surface area contributed by atoms with E-state index in [-0.39, 0.29) is 18.2 Å². The number of benzene rings is 1. The third-order valence-electron chi connectivity index (χ3n) is 3.41. The number of rotatable bonds is 6.